The first-order chi connectivity index (χ1) is 8.56. The summed E-state index contributed by atoms with van der Waals surface area (Å²) >= 11 is 0. The van der Waals surface area contributed by atoms with Crippen LogP contribution in [0, 0.1) is 0 Å². The van der Waals surface area contributed by atoms with E-state index in [2.05, 4.69) is 10.3 Å². The summed E-state index contributed by atoms with van der Waals surface area (Å²) in [5.74, 6) is -1.08. The first-order valence-electron chi connectivity index (χ1n) is 5.34. The number of nitrogen functional groups attached to an aromatic ring is 1. The number of carboxylic acids is 1. The van der Waals surface area contributed by atoms with Crippen LogP contribution in [0.4, 0.5) is 5.82 Å². The molecule has 1 unspecified atom stereocenters. The molecule has 1 atom stereocenters. The van der Waals surface area contributed by atoms with Gasteiger partial charge in [-0.05, 0) is 0 Å². The molecule has 0 aliphatic carbocycles. The predicted molar refractivity (Wildman–Crippen MR) is 58.4 cm³/mol. The summed E-state index contributed by atoms with van der Waals surface area (Å²) in [4.78, 5) is 24.1. The van der Waals surface area contributed by atoms with E-state index in [-0.39, 0.29) is 31.4 Å². The van der Waals surface area contributed by atoms with Crippen molar-refractivity contribution in [2.45, 2.75) is 12.6 Å². The lowest BCUT2D eigenvalue weighted by atomic mass is 10.2. The Morgan fingerprint density at radius 3 is 3.00 bits per heavy atom. The van der Waals surface area contributed by atoms with Gasteiger partial charge in [0.2, 0.25) is 5.91 Å². The van der Waals surface area contributed by atoms with Gasteiger partial charge in [-0.3, -0.25) is 4.79 Å². The molecule has 9 heteroatoms. The largest absolute Gasteiger partial charge is 0.479 e. The van der Waals surface area contributed by atoms with E-state index in [1.54, 1.807) is 0 Å². The third-order valence-corrected chi connectivity index (χ3v) is 2.55. The summed E-state index contributed by atoms with van der Waals surface area (Å²) in [6.07, 6.45) is 0.469. The first-order valence-corrected chi connectivity index (χ1v) is 5.34. The van der Waals surface area contributed by atoms with Crippen LogP contribution in [0.25, 0.3) is 0 Å². The van der Waals surface area contributed by atoms with Crippen LogP contribution in [0.5, 0.6) is 0 Å². The standard InChI is InChI=1S/C9H13N5O4/c10-7-4-14(12-11-7)5-8(15)13-1-2-18-6(3-13)9(16)17/h4,6H,1-3,5,10H2,(H,16,17). The van der Waals surface area contributed by atoms with Gasteiger partial charge >= 0.3 is 5.97 Å². The van der Waals surface area contributed by atoms with Gasteiger partial charge in [0.1, 0.15) is 6.54 Å². The fourth-order valence-corrected chi connectivity index (χ4v) is 1.65. The third kappa shape index (κ3) is 2.74. The zero-order valence-corrected chi connectivity index (χ0v) is 9.52. The topological polar surface area (TPSA) is 124 Å². The molecular weight excluding hydrogens is 242 g/mol. The molecule has 1 aromatic rings. The van der Waals surface area contributed by atoms with Crippen molar-refractivity contribution in [1.82, 2.24) is 19.9 Å². The number of carbonyl (C=O) groups is 2. The van der Waals surface area contributed by atoms with Crippen LogP contribution in [0.15, 0.2) is 6.20 Å². The van der Waals surface area contributed by atoms with Crippen molar-refractivity contribution in [1.29, 1.82) is 0 Å². The van der Waals surface area contributed by atoms with Crippen molar-refractivity contribution < 1.29 is 19.4 Å². The van der Waals surface area contributed by atoms with Crippen molar-refractivity contribution in [3.05, 3.63) is 6.20 Å². The molecule has 0 bridgehead atoms. The normalized spacial score (nSPS) is 19.8. The molecule has 0 spiro atoms. The Morgan fingerprint density at radius 2 is 2.39 bits per heavy atom. The average molecular weight is 255 g/mol. The van der Waals surface area contributed by atoms with Crippen molar-refractivity contribution in [3.63, 3.8) is 0 Å². The van der Waals surface area contributed by atoms with E-state index in [0.29, 0.717) is 6.54 Å². The SMILES string of the molecule is Nc1cn(CC(=O)N2CCOC(C(=O)O)C2)nn1. The summed E-state index contributed by atoms with van der Waals surface area (Å²) < 4.78 is 6.33. The summed E-state index contributed by atoms with van der Waals surface area (Å²) in [5, 5.41) is 16.0. The number of nitrogens with zero attached hydrogens (tertiary/aromatic N) is 4. The number of carbonyl (C=O) groups excluding carboxylic acids is 1. The maximum atomic E-state index is 11.9. The number of anilines is 1. The Hall–Kier alpha value is -2.16. The lowest BCUT2D eigenvalue weighted by molar-refractivity contribution is -0.159. The minimum atomic E-state index is -1.07. The molecule has 2 heterocycles. The van der Waals surface area contributed by atoms with Crippen LogP contribution >= 0.6 is 0 Å². The minimum absolute atomic E-state index is 0.0173. The number of hydrogen-bond acceptors (Lipinski definition) is 6. The summed E-state index contributed by atoms with van der Waals surface area (Å²) in [6.45, 7) is 0.601. The Morgan fingerprint density at radius 1 is 1.61 bits per heavy atom. The number of carboxylic acid groups (broad SMARTS) is 1. The molecule has 1 amide bonds. The van der Waals surface area contributed by atoms with Crippen molar-refractivity contribution >= 4 is 17.7 Å². The number of aliphatic carboxylic acids is 1. The van der Waals surface area contributed by atoms with Crippen LogP contribution in [0.2, 0.25) is 0 Å². The quantitative estimate of drug-likeness (QED) is 0.651. The lowest BCUT2D eigenvalue weighted by Gasteiger charge is -2.30. The zero-order chi connectivity index (χ0) is 13.1. The average Bonchev–Trinajstić information content (AvgIpc) is 2.75. The molecule has 1 fully saturated rings. The molecular formula is C9H13N5O4. The number of nitrogens with two attached hydrogens (primary N) is 1. The molecule has 1 aliphatic heterocycles. The molecule has 18 heavy (non-hydrogen) atoms. The van der Waals surface area contributed by atoms with E-state index in [0.717, 1.165) is 0 Å². The highest BCUT2D eigenvalue weighted by atomic mass is 16.5. The number of aromatic nitrogens is 3. The molecule has 1 saturated heterocycles. The molecule has 0 aromatic carbocycles. The van der Waals surface area contributed by atoms with Gasteiger partial charge < -0.3 is 20.5 Å². The maximum absolute atomic E-state index is 11.9. The molecule has 2 rings (SSSR count). The van der Waals surface area contributed by atoms with Gasteiger partial charge in [0.25, 0.3) is 0 Å². The second-order valence-electron chi connectivity index (χ2n) is 3.88. The van der Waals surface area contributed by atoms with E-state index in [1.165, 1.54) is 15.8 Å². The number of amides is 1. The van der Waals surface area contributed by atoms with E-state index in [1.807, 2.05) is 0 Å². The summed E-state index contributed by atoms with van der Waals surface area (Å²) in [5.41, 5.74) is 5.38. The van der Waals surface area contributed by atoms with Crippen LogP contribution in [-0.4, -0.2) is 62.7 Å². The van der Waals surface area contributed by atoms with Gasteiger partial charge in [-0.25, -0.2) is 9.48 Å². The van der Waals surface area contributed by atoms with E-state index in [4.69, 9.17) is 15.6 Å². The highest BCUT2D eigenvalue weighted by molar-refractivity contribution is 5.78. The Labute approximate surface area is 102 Å². The summed E-state index contributed by atoms with van der Waals surface area (Å²) in [7, 11) is 0. The smallest absolute Gasteiger partial charge is 0.334 e. The Kier molecular flexibility index (Phi) is 3.42. The fourth-order valence-electron chi connectivity index (χ4n) is 1.65. The van der Waals surface area contributed by atoms with Crippen molar-refractivity contribution in [3.8, 4) is 0 Å². The number of morpholine rings is 1. The summed E-state index contributed by atoms with van der Waals surface area (Å²) in [6, 6.07) is 0. The maximum Gasteiger partial charge on any atom is 0.334 e. The number of ether oxygens (including phenoxy) is 1. The zero-order valence-electron chi connectivity index (χ0n) is 9.52. The molecule has 1 aliphatic rings. The fraction of sp³-hybridized carbons (Fsp3) is 0.556. The molecule has 9 nitrogen and oxygen atoms in total. The number of rotatable bonds is 3. The second kappa shape index (κ2) is 5.00. The van der Waals surface area contributed by atoms with Gasteiger partial charge in [0, 0.05) is 6.54 Å². The van der Waals surface area contributed by atoms with Gasteiger partial charge in [-0.1, -0.05) is 5.21 Å². The monoisotopic (exact) mass is 255 g/mol. The molecule has 0 radical (unpaired) electrons. The highest BCUT2D eigenvalue weighted by Crippen LogP contribution is 2.06. The minimum Gasteiger partial charge on any atom is -0.479 e. The van der Waals surface area contributed by atoms with Gasteiger partial charge in [0.05, 0.1) is 19.3 Å². The predicted octanol–water partition coefficient (Wildman–Crippen LogP) is -1.83. The number of hydrogen-bond donors (Lipinski definition) is 2. The second-order valence-corrected chi connectivity index (χ2v) is 3.88. The van der Waals surface area contributed by atoms with Crippen LogP contribution in [0.3, 0.4) is 0 Å². The van der Waals surface area contributed by atoms with E-state index >= 15 is 0 Å². The highest BCUT2D eigenvalue weighted by Gasteiger charge is 2.28. The molecule has 0 saturated carbocycles. The first kappa shape index (κ1) is 12.3. The van der Waals surface area contributed by atoms with Crippen molar-refractivity contribution in [2.75, 3.05) is 25.4 Å². The third-order valence-electron chi connectivity index (χ3n) is 2.55. The molecule has 98 valence electrons. The Bertz CT molecular complexity index is 460. The van der Waals surface area contributed by atoms with Crippen molar-refractivity contribution in [2.24, 2.45) is 0 Å². The van der Waals surface area contributed by atoms with Gasteiger partial charge in [-0.2, -0.15) is 0 Å². The van der Waals surface area contributed by atoms with Crippen LogP contribution < -0.4 is 5.73 Å². The molecule has 1 aromatic heterocycles. The van der Waals surface area contributed by atoms with Gasteiger partial charge in [-0.15, -0.1) is 5.10 Å². The van der Waals surface area contributed by atoms with E-state index < -0.39 is 12.1 Å². The van der Waals surface area contributed by atoms with E-state index in [9.17, 15) is 9.59 Å². The van der Waals surface area contributed by atoms with Gasteiger partial charge in [0.15, 0.2) is 11.9 Å². The lowest BCUT2D eigenvalue weighted by Crippen LogP contribution is -2.49. The van der Waals surface area contributed by atoms with Crippen LogP contribution in [0.1, 0.15) is 0 Å². The molecule has 3 N–H and O–H groups in total. The Balaban J connectivity index is 1.94. The van der Waals surface area contributed by atoms with Crippen LogP contribution in [-0.2, 0) is 20.9 Å².